The zero-order valence-corrected chi connectivity index (χ0v) is 11.3. The van der Waals surface area contributed by atoms with E-state index in [1.807, 2.05) is 0 Å². The smallest absolute Gasteiger partial charge is 0.338 e. The van der Waals surface area contributed by atoms with Crippen molar-refractivity contribution in [1.82, 2.24) is 5.32 Å². The Morgan fingerprint density at radius 3 is 2.65 bits per heavy atom. The molecular weight excluding hydrogens is 260 g/mol. The van der Waals surface area contributed by atoms with Crippen LogP contribution in [0.5, 0.6) is 0 Å². The summed E-state index contributed by atoms with van der Waals surface area (Å²) in [5.74, 6) is -1.05. The summed E-state index contributed by atoms with van der Waals surface area (Å²) in [6.07, 6.45) is 1.54. The van der Waals surface area contributed by atoms with Gasteiger partial charge in [-0.2, -0.15) is 0 Å². The fraction of sp³-hybridized carbons (Fsp3) is 0.429. The van der Waals surface area contributed by atoms with Crippen LogP contribution in [0.25, 0.3) is 0 Å². The van der Waals surface area contributed by atoms with Gasteiger partial charge in [0.2, 0.25) is 0 Å². The van der Waals surface area contributed by atoms with Gasteiger partial charge >= 0.3 is 12.0 Å². The average molecular weight is 278 g/mol. The zero-order chi connectivity index (χ0) is 14.5. The topological polar surface area (TPSA) is 87.7 Å². The maximum atomic E-state index is 11.9. The number of rotatable bonds is 3. The van der Waals surface area contributed by atoms with Gasteiger partial charge in [0, 0.05) is 19.3 Å². The molecule has 0 aliphatic carbocycles. The number of ether oxygens (including phenoxy) is 1. The molecule has 1 saturated heterocycles. The Bertz CT molecular complexity index is 510. The Morgan fingerprint density at radius 1 is 1.30 bits per heavy atom. The highest BCUT2D eigenvalue weighted by Crippen LogP contribution is 2.19. The van der Waals surface area contributed by atoms with Gasteiger partial charge in [0.05, 0.1) is 11.3 Å². The summed E-state index contributed by atoms with van der Waals surface area (Å²) in [6.45, 7) is 2.97. The van der Waals surface area contributed by atoms with Crippen LogP contribution in [0.2, 0.25) is 0 Å². The minimum absolute atomic E-state index is 0.0711. The maximum Gasteiger partial charge on any atom is 0.338 e. The number of benzene rings is 1. The Balaban J connectivity index is 2.04. The molecule has 0 atom stereocenters. The first kappa shape index (κ1) is 14.3. The van der Waals surface area contributed by atoms with E-state index < -0.39 is 5.97 Å². The van der Waals surface area contributed by atoms with Crippen molar-refractivity contribution >= 4 is 17.7 Å². The van der Waals surface area contributed by atoms with E-state index in [2.05, 4.69) is 10.6 Å². The summed E-state index contributed by atoms with van der Waals surface area (Å²) in [6, 6.07) is 4.68. The molecule has 1 aliphatic rings. The molecule has 1 aromatic carbocycles. The lowest BCUT2D eigenvalue weighted by atomic mass is 10.1. The summed E-state index contributed by atoms with van der Waals surface area (Å²) >= 11 is 0. The minimum Gasteiger partial charge on any atom is -0.478 e. The van der Waals surface area contributed by atoms with Crippen LogP contribution in [0.15, 0.2) is 18.2 Å². The number of anilines is 1. The van der Waals surface area contributed by atoms with Gasteiger partial charge in [-0.1, -0.05) is 12.1 Å². The molecule has 6 nitrogen and oxygen atoms in total. The molecule has 1 fully saturated rings. The van der Waals surface area contributed by atoms with Crippen molar-refractivity contribution < 1.29 is 19.4 Å². The van der Waals surface area contributed by atoms with E-state index in [1.165, 1.54) is 0 Å². The molecule has 0 unspecified atom stereocenters. The van der Waals surface area contributed by atoms with Gasteiger partial charge in [0.25, 0.3) is 0 Å². The van der Waals surface area contributed by atoms with Crippen LogP contribution in [0.3, 0.4) is 0 Å². The number of aryl methyl sites for hydroxylation is 1. The largest absolute Gasteiger partial charge is 0.478 e. The molecule has 0 aromatic heterocycles. The van der Waals surface area contributed by atoms with Gasteiger partial charge in [-0.3, -0.25) is 0 Å². The van der Waals surface area contributed by atoms with Crippen LogP contribution in [0.4, 0.5) is 10.5 Å². The standard InChI is InChI=1S/C14H18N2O4/c1-9-3-2-4-11(12(9)13(17)18)16-14(19)15-10-5-7-20-8-6-10/h2-4,10H,5-8H2,1H3,(H,17,18)(H2,15,16,19). The molecule has 2 rings (SSSR count). The van der Waals surface area contributed by atoms with Gasteiger partial charge in [-0.05, 0) is 31.4 Å². The highest BCUT2D eigenvalue weighted by molar-refractivity contribution is 6.01. The number of hydrogen-bond donors (Lipinski definition) is 3. The van der Waals surface area contributed by atoms with E-state index >= 15 is 0 Å². The SMILES string of the molecule is Cc1cccc(NC(=O)NC2CCOCC2)c1C(=O)O. The third-order valence-electron chi connectivity index (χ3n) is 3.29. The number of carbonyl (C=O) groups excluding carboxylic acids is 1. The second kappa shape index (κ2) is 6.38. The van der Waals surface area contributed by atoms with E-state index in [1.54, 1.807) is 25.1 Å². The molecule has 3 N–H and O–H groups in total. The fourth-order valence-corrected chi connectivity index (χ4v) is 2.24. The van der Waals surface area contributed by atoms with Crippen LogP contribution in [0.1, 0.15) is 28.8 Å². The van der Waals surface area contributed by atoms with Gasteiger partial charge in [0.15, 0.2) is 0 Å². The number of carboxylic acids is 1. The first-order valence-corrected chi connectivity index (χ1v) is 6.56. The van der Waals surface area contributed by atoms with Crippen molar-refractivity contribution in [3.63, 3.8) is 0 Å². The van der Waals surface area contributed by atoms with Crippen LogP contribution in [0, 0.1) is 6.92 Å². The van der Waals surface area contributed by atoms with Gasteiger partial charge in [-0.15, -0.1) is 0 Å². The molecule has 6 heteroatoms. The van der Waals surface area contributed by atoms with E-state index in [4.69, 9.17) is 4.74 Å². The first-order chi connectivity index (χ1) is 9.58. The molecule has 1 heterocycles. The van der Waals surface area contributed by atoms with Gasteiger partial charge in [0.1, 0.15) is 0 Å². The number of nitrogens with one attached hydrogen (secondary N) is 2. The molecule has 108 valence electrons. The maximum absolute atomic E-state index is 11.9. The first-order valence-electron chi connectivity index (χ1n) is 6.56. The van der Waals surface area contributed by atoms with Gasteiger partial charge < -0.3 is 20.5 Å². The van der Waals surface area contributed by atoms with Crippen molar-refractivity contribution in [3.8, 4) is 0 Å². The van der Waals surface area contributed by atoms with Gasteiger partial charge in [-0.25, -0.2) is 9.59 Å². The number of urea groups is 1. The number of carbonyl (C=O) groups is 2. The number of carboxylic acid groups (broad SMARTS) is 1. The fourth-order valence-electron chi connectivity index (χ4n) is 2.24. The highest BCUT2D eigenvalue weighted by atomic mass is 16.5. The Labute approximate surface area is 117 Å². The molecule has 1 aliphatic heterocycles. The van der Waals surface area contributed by atoms with Crippen molar-refractivity contribution in [2.24, 2.45) is 0 Å². The molecule has 0 spiro atoms. The summed E-state index contributed by atoms with van der Waals surface area (Å²) in [4.78, 5) is 23.1. The zero-order valence-electron chi connectivity index (χ0n) is 11.3. The highest BCUT2D eigenvalue weighted by Gasteiger charge is 2.18. The second-order valence-electron chi connectivity index (χ2n) is 4.79. The third kappa shape index (κ3) is 3.48. The van der Waals surface area contributed by atoms with Crippen LogP contribution in [-0.2, 0) is 4.74 Å². The number of hydrogen-bond acceptors (Lipinski definition) is 3. The summed E-state index contributed by atoms with van der Waals surface area (Å²) in [7, 11) is 0. The Kier molecular flexibility index (Phi) is 4.57. The Morgan fingerprint density at radius 2 is 2.00 bits per heavy atom. The molecular formula is C14H18N2O4. The molecule has 1 aromatic rings. The van der Waals surface area contributed by atoms with E-state index in [-0.39, 0.29) is 17.6 Å². The second-order valence-corrected chi connectivity index (χ2v) is 4.79. The van der Waals surface area contributed by atoms with Crippen LogP contribution >= 0.6 is 0 Å². The lowest BCUT2D eigenvalue weighted by molar-refractivity contribution is 0.0697. The van der Waals surface area contributed by atoms with Crippen molar-refractivity contribution in [3.05, 3.63) is 29.3 Å². The minimum atomic E-state index is -1.05. The average Bonchev–Trinajstić information content (AvgIpc) is 2.39. The molecule has 0 saturated carbocycles. The van der Waals surface area contributed by atoms with Crippen LogP contribution in [-0.4, -0.2) is 36.4 Å². The van der Waals surface area contributed by atoms with E-state index in [0.717, 1.165) is 12.8 Å². The lowest BCUT2D eigenvalue weighted by Gasteiger charge is -2.23. The third-order valence-corrected chi connectivity index (χ3v) is 3.29. The summed E-state index contributed by atoms with van der Waals surface area (Å²) < 4.78 is 5.22. The molecule has 20 heavy (non-hydrogen) atoms. The van der Waals surface area contributed by atoms with E-state index in [9.17, 15) is 14.7 Å². The molecule has 0 bridgehead atoms. The number of amides is 2. The lowest BCUT2D eigenvalue weighted by Crippen LogP contribution is -2.41. The van der Waals surface area contributed by atoms with Crippen LogP contribution < -0.4 is 10.6 Å². The van der Waals surface area contributed by atoms with E-state index in [0.29, 0.717) is 24.5 Å². The normalized spacial score (nSPS) is 15.7. The Hall–Kier alpha value is -2.08. The number of aromatic carboxylic acids is 1. The quantitative estimate of drug-likeness (QED) is 0.789. The summed E-state index contributed by atoms with van der Waals surface area (Å²) in [5, 5.41) is 14.6. The monoisotopic (exact) mass is 278 g/mol. The predicted octanol–water partition coefficient (Wildman–Crippen LogP) is 1.99. The van der Waals surface area contributed by atoms with Crippen molar-refractivity contribution in [2.75, 3.05) is 18.5 Å². The molecule has 2 amide bonds. The predicted molar refractivity (Wildman–Crippen MR) is 74.1 cm³/mol. The molecule has 0 radical (unpaired) electrons. The van der Waals surface area contributed by atoms with Crippen molar-refractivity contribution in [1.29, 1.82) is 0 Å². The summed E-state index contributed by atoms with van der Waals surface area (Å²) in [5.41, 5.74) is 1.04. The van der Waals surface area contributed by atoms with Crippen molar-refractivity contribution in [2.45, 2.75) is 25.8 Å².